The SMILES string of the molecule is c1ccc(-n2cc(CCNc3nccc(-c4cccnc4)n3)cn2)cc1. The summed E-state index contributed by atoms with van der Waals surface area (Å²) in [5, 5.41) is 7.69. The summed E-state index contributed by atoms with van der Waals surface area (Å²) in [6, 6.07) is 15.8. The summed E-state index contributed by atoms with van der Waals surface area (Å²) in [5.41, 5.74) is 4.04. The number of pyridine rings is 1. The van der Waals surface area contributed by atoms with Crippen LogP contribution in [0.2, 0.25) is 0 Å². The van der Waals surface area contributed by atoms with Crippen molar-refractivity contribution in [3.63, 3.8) is 0 Å². The Labute approximate surface area is 151 Å². The van der Waals surface area contributed by atoms with Crippen molar-refractivity contribution >= 4 is 5.95 Å². The molecule has 0 aliphatic heterocycles. The molecule has 6 heteroatoms. The van der Waals surface area contributed by atoms with Crippen LogP contribution in [0.5, 0.6) is 0 Å². The van der Waals surface area contributed by atoms with Crippen LogP contribution in [0.3, 0.4) is 0 Å². The lowest BCUT2D eigenvalue weighted by atomic mass is 10.2. The minimum Gasteiger partial charge on any atom is -0.354 e. The highest BCUT2D eigenvalue weighted by Gasteiger charge is 2.04. The number of nitrogens with zero attached hydrogens (tertiary/aromatic N) is 5. The number of aromatic nitrogens is 5. The molecule has 0 fully saturated rings. The van der Waals surface area contributed by atoms with Gasteiger partial charge in [0.1, 0.15) is 0 Å². The minimum absolute atomic E-state index is 0.613. The first kappa shape index (κ1) is 16.0. The Kier molecular flexibility index (Phi) is 4.64. The fraction of sp³-hybridized carbons (Fsp3) is 0.100. The fourth-order valence-electron chi connectivity index (χ4n) is 2.65. The quantitative estimate of drug-likeness (QED) is 0.582. The molecule has 0 saturated heterocycles. The van der Waals surface area contributed by atoms with Gasteiger partial charge in [-0.3, -0.25) is 4.98 Å². The third kappa shape index (κ3) is 3.75. The van der Waals surface area contributed by atoms with Crippen molar-refractivity contribution in [2.45, 2.75) is 6.42 Å². The Morgan fingerprint density at radius 1 is 0.923 bits per heavy atom. The molecule has 128 valence electrons. The largest absolute Gasteiger partial charge is 0.354 e. The average Bonchev–Trinajstić information content (AvgIpc) is 3.19. The summed E-state index contributed by atoms with van der Waals surface area (Å²) in [7, 11) is 0. The van der Waals surface area contributed by atoms with Gasteiger partial charge >= 0.3 is 0 Å². The highest BCUT2D eigenvalue weighted by Crippen LogP contribution is 2.15. The second-order valence-corrected chi connectivity index (χ2v) is 5.81. The molecule has 1 aromatic carbocycles. The molecule has 6 nitrogen and oxygen atoms in total. The van der Waals surface area contributed by atoms with Gasteiger partial charge in [-0.2, -0.15) is 5.10 Å². The van der Waals surface area contributed by atoms with Crippen molar-refractivity contribution in [3.05, 3.63) is 85.1 Å². The van der Waals surface area contributed by atoms with Crippen LogP contribution in [0, 0.1) is 0 Å². The van der Waals surface area contributed by atoms with Gasteiger partial charge in [0.25, 0.3) is 0 Å². The van der Waals surface area contributed by atoms with E-state index in [2.05, 4.69) is 25.4 Å². The molecule has 0 radical (unpaired) electrons. The molecule has 0 unspecified atom stereocenters. The van der Waals surface area contributed by atoms with E-state index < -0.39 is 0 Å². The number of hydrogen-bond acceptors (Lipinski definition) is 5. The van der Waals surface area contributed by atoms with E-state index in [0.717, 1.165) is 35.5 Å². The number of para-hydroxylation sites is 1. The highest BCUT2D eigenvalue weighted by atomic mass is 15.3. The molecular weight excluding hydrogens is 324 g/mol. The summed E-state index contributed by atoms with van der Waals surface area (Å²) in [4.78, 5) is 13.0. The van der Waals surface area contributed by atoms with E-state index in [4.69, 9.17) is 0 Å². The average molecular weight is 342 g/mol. The van der Waals surface area contributed by atoms with Crippen molar-refractivity contribution < 1.29 is 0 Å². The Bertz CT molecular complexity index is 966. The van der Waals surface area contributed by atoms with Gasteiger partial charge in [-0.25, -0.2) is 14.6 Å². The minimum atomic E-state index is 0.613. The van der Waals surface area contributed by atoms with Gasteiger partial charge in [0.05, 0.1) is 17.6 Å². The van der Waals surface area contributed by atoms with E-state index in [1.807, 2.05) is 65.6 Å². The lowest BCUT2D eigenvalue weighted by Crippen LogP contribution is -2.07. The number of benzene rings is 1. The van der Waals surface area contributed by atoms with Crippen LogP contribution in [0.1, 0.15) is 5.56 Å². The van der Waals surface area contributed by atoms with Crippen LogP contribution in [-0.4, -0.2) is 31.3 Å². The Morgan fingerprint density at radius 2 is 1.85 bits per heavy atom. The second-order valence-electron chi connectivity index (χ2n) is 5.81. The molecule has 0 amide bonds. The first-order valence-corrected chi connectivity index (χ1v) is 8.45. The fourth-order valence-corrected chi connectivity index (χ4v) is 2.65. The van der Waals surface area contributed by atoms with Gasteiger partial charge in [0, 0.05) is 36.9 Å². The van der Waals surface area contributed by atoms with Crippen LogP contribution in [0.4, 0.5) is 5.95 Å². The van der Waals surface area contributed by atoms with E-state index in [9.17, 15) is 0 Å². The molecule has 0 saturated carbocycles. The van der Waals surface area contributed by atoms with Gasteiger partial charge in [-0.05, 0) is 42.3 Å². The molecule has 0 spiro atoms. The maximum absolute atomic E-state index is 4.54. The molecule has 0 aliphatic carbocycles. The predicted molar refractivity (Wildman–Crippen MR) is 101 cm³/mol. The smallest absolute Gasteiger partial charge is 0.223 e. The zero-order valence-corrected chi connectivity index (χ0v) is 14.2. The zero-order chi connectivity index (χ0) is 17.6. The van der Waals surface area contributed by atoms with Gasteiger partial charge in [-0.15, -0.1) is 0 Å². The van der Waals surface area contributed by atoms with Crippen LogP contribution in [0.15, 0.2) is 79.5 Å². The van der Waals surface area contributed by atoms with Crippen molar-refractivity contribution in [2.24, 2.45) is 0 Å². The first-order valence-electron chi connectivity index (χ1n) is 8.45. The monoisotopic (exact) mass is 342 g/mol. The van der Waals surface area contributed by atoms with Crippen LogP contribution in [-0.2, 0) is 6.42 Å². The van der Waals surface area contributed by atoms with Crippen molar-refractivity contribution in [1.82, 2.24) is 24.7 Å². The van der Waals surface area contributed by atoms with E-state index >= 15 is 0 Å². The van der Waals surface area contributed by atoms with Gasteiger partial charge < -0.3 is 5.32 Å². The molecule has 0 atom stereocenters. The molecule has 4 aromatic rings. The Hall–Kier alpha value is -3.54. The number of anilines is 1. The maximum Gasteiger partial charge on any atom is 0.223 e. The van der Waals surface area contributed by atoms with Gasteiger partial charge in [0.15, 0.2) is 0 Å². The van der Waals surface area contributed by atoms with Crippen molar-refractivity contribution in [1.29, 1.82) is 0 Å². The maximum atomic E-state index is 4.54. The highest BCUT2D eigenvalue weighted by molar-refractivity contribution is 5.58. The zero-order valence-electron chi connectivity index (χ0n) is 14.2. The third-order valence-corrected chi connectivity index (χ3v) is 3.97. The van der Waals surface area contributed by atoms with Crippen molar-refractivity contribution in [3.8, 4) is 16.9 Å². The molecule has 3 aromatic heterocycles. The molecule has 0 aliphatic rings. The van der Waals surface area contributed by atoms with Crippen LogP contribution < -0.4 is 5.32 Å². The topological polar surface area (TPSA) is 68.5 Å². The summed E-state index contributed by atoms with van der Waals surface area (Å²) in [6.45, 7) is 0.733. The van der Waals surface area contributed by atoms with Gasteiger partial charge in [-0.1, -0.05) is 18.2 Å². The van der Waals surface area contributed by atoms with E-state index in [1.54, 1.807) is 18.6 Å². The van der Waals surface area contributed by atoms with Gasteiger partial charge in [0.2, 0.25) is 5.95 Å². The summed E-state index contributed by atoms with van der Waals surface area (Å²) >= 11 is 0. The Morgan fingerprint density at radius 3 is 2.69 bits per heavy atom. The molecule has 0 bridgehead atoms. The van der Waals surface area contributed by atoms with Crippen molar-refractivity contribution in [2.75, 3.05) is 11.9 Å². The molecular formula is C20H18N6. The molecule has 1 N–H and O–H groups in total. The molecule has 26 heavy (non-hydrogen) atoms. The number of rotatable bonds is 6. The van der Waals surface area contributed by atoms with E-state index in [0.29, 0.717) is 5.95 Å². The summed E-state index contributed by atoms with van der Waals surface area (Å²) in [5.74, 6) is 0.613. The third-order valence-electron chi connectivity index (χ3n) is 3.97. The van der Waals surface area contributed by atoms with E-state index in [-0.39, 0.29) is 0 Å². The second kappa shape index (κ2) is 7.57. The number of hydrogen-bond donors (Lipinski definition) is 1. The predicted octanol–water partition coefficient (Wildman–Crippen LogP) is 3.38. The molecule has 4 rings (SSSR count). The summed E-state index contributed by atoms with van der Waals surface area (Å²) in [6.07, 6.45) is 10.1. The normalized spacial score (nSPS) is 10.6. The Balaban J connectivity index is 1.38. The van der Waals surface area contributed by atoms with E-state index in [1.165, 1.54) is 0 Å². The lowest BCUT2D eigenvalue weighted by Gasteiger charge is -2.05. The molecule has 3 heterocycles. The van der Waals surface area contributed by atoms with Crippen LogP contribution in [0.25, 0.3) is 16.9 Å². The summed E-state index contributed by atoms with van der Waals surface area (Å²) < 4.78 is 1.88. The standard InChI is InChI=1S/C20H18N6/c1-2-6-18(7-3-1)26-15-16(13-24-26)8-11-22-20-23-12-9-19(25-20)17-5-4-10-21-14-17/h1-7,9-10,12-15H,8,11H2,(H,22,23,25). The van der Waals surface area contributed by atoms with Crippen LogP contribution >= 0.6 is 0 Å². The first-order chi connectivity index (χ1) is 12.9. The number of nitrogens with one attached hydrogen (secondary N) is 1. The lowest BCUT2D eigenvalue weighted by molar-refractivity contribution is 0.879.